The Bertz CT molecular complexity index is 243. The maximum atomic E-state index is 9.85. The van der Waals surface area contributed by atoms with E-state index in [1.807, 2.05) is 34.6 Å². The zero-order chi connectivity index (χ0) is 13.5. The summed E-state index contributed by atoms with van der Waals surface area (Å²) in [6.45, 7) is 12.2. The number of likely N-dealkylation sites (N-methyl/N-ethyl adjacent to an activating group) is 1. The van der Waals surface area contributed by atoms with Gasteiger partial charge in [-0.25, -0.2) is 0 Å². The molecule has 0 aliphatic rings. The van der Waals surface area contributed by atoms with Crippen LogP contribution in [0.1, 0.15) is 34.6 Å². The summed E-state index contributed by atoms with van der Waals surface area (Å²) in [5.41, 5.74) is -0.224. The molecule has 17 heavy (non-hydrogen) atoms. The molecular weight excluding hydrogens is 216 g/mol. The molecule has 0 radical (unpaired) electrons. The second-order valence-electron chi connectivity index (χ2n) is 5.46. The van der Waals surface area contributed by atoms with E-state index < -0.39 is 6.10 Å². The van der Waals surface area contributed by atoms with Crippen molar-refractivity contribution < 1.29 is 9.84 Å². The summed E-state index contributed by atoms with van der Waals surface area (Å²) in [5.74, 6) is -0.00863. The van der Waals surface area contributed by atoms with Gasteiger partial charge in [-0.15, -0.1) is 0 Å². The van der Waals surface area contributed by atoms with Gasteiger partial charge in [0.05, 0.1) is 30.3 Å². The fourth-order valence-corrected chi connectivity index (χ4v) is 1.46. The number of nitrogens with zero attached hydrogens (tertiary/aromatic N) is 2. The molecule has 0 amide bonds. The normalized spacial score (nSPS) is 15.6. The highest BCUT2D eigenvalue weighted by atomic mass is 16.5. The van der Waals surface area contributed by atoms with Crippen molar-refractivity contribution in [2.24, 2.45) is 5.92 Å². The van der Waals surface area contributed by atoms with Gasteiger partial charge in [-0.1, -0.05) is 6.92 Å². The highest BCUT2D eigenvalue weighted by molar-refractivity contribution is 4.81. The molecular formula is C13H26N2O2. The second kappa shape index (κ2) is 7.65. The Kier molecular flexibility index (Phi) is 7.37. The van der Waals surface area contributed by atoms with Crippen molar-refractivity contribution in [1.82, 2.24) is 4.90 Å². The molecule has 100 valence electrons. The lowest BCUT2D eigenvalue weighted by molar-refractivity contribution is -0.0561. The molecule has 1 N–H and O–H groups in total. The van der Waals surface area contributed by atoms with Crippen LogP contribution in [0, 0.1) is 17.2 Å². The summed E-state index contributed by atoms with van der Waals surface area (Å²) in [4.78, 5) is 2.07. The van der Waals surface area contributed by atoms with Crippen LogP contribution in [0.3, 0.4) is 0 Å². The molecule has 2 atom stereocenters. The highest BCUT2D eigenvalue weighted by Crippen LogP contribution is 2.08. The van der Waals surface area contributed by atoms with Crippen LogP contribution >= 0.6 is 0 Å². The fraction of sp³-hybridized carbons (Fsp3) is 0.923. The van der Waals surface area contributed by atoms with E-state index in [2.05, 4.69) is 11.0 Å². The molecule has 0 bridgehead atoms. The van der Waals surface area contributed by atoms with E-state index in [-0.39, 0.29) is 11.5 Å². The lowest BCUT2D eigenvalue weighted by Gasteiger charge is -2.27. The second-order valence-corrected chi connectivity index (χ2v) is 5.46. The maximum absolute atomic E-state index is 9.85. The predicted molar refractivity (Wildman–Crippen MR) is 68.6 cm³/mol. The molecule has 4 heteroatoms. The van der Waals surface area contributed by atoms with Crippen molar-refractivity contribution in [1.29, 1.82) is 5.26 Å². The number of aliphatic hydroxyl groups is 1. The topological polar surface area (TPSA) is 56.5 Å². The SMILES string of the molecule is CCN(CC(C)C#N)CC(O)COC(C)(C)C. The van der Waals surface area contributed by atoms with Gasteiger partial charge in [-0.05, 0) is 34.2 Å². The average molecular weight is 242 g/mol. The van der Waals surface area contributed by atoms with Gasteiger partial charge in [0.25, 0.3) is 0 Å². The molecule has 0 aromatic carbocycles. The van der Waals surface area contributed by atoms with Crippen LogP contribution in [0.5, 0.6) is 0 Å². The highest BCUT2D eigenvalue weighted by Gasteiger charge is 2.16. The Morgan fingerprint density at radius 2 is 1.94 bits per heavy atom. The first kappa shape index (κ1) is 16.4. The minimum atomic E-state index is -0.500. The third-order valence-electron chi connectivity index (χ3n) is 2.38. The van der Waals surface area contributed by atoms with Gasteiger partial charge in [0.15, 0.2) is 0 Å². The molecule has 0 aliphatic heterocycles. The Hall–Kier alpha value is -0.630. The number of hydrogen-bond donors (Lipinski definition) is 1. The minimum Gasteiger partial charge on any atom is -0.389 e. The summed E-state index contributed by atoms with van der Waals surface area (Å²) in [7, 11) is 0. The standard InChI is InChI=1S/C13H26N2O2/c1-6-15(8-11(2)7-14)9-12(16)10-17-13(3,4)5/h11-12,16H,6,8-10H2,1-5H3. The molecule has 0 aliphatic carbocycles. The third kappa shape index (κ3) is 9.11. The summed E-state index contributed by atoms with van der Waals surface area (Å²) >= 11 is 0. The van der Waals surface area contributed by atoms with Gasteiger partial charge < -0.3 is 9.84 Å². The molecule has 2 unspecified atom stereocenters. The van der Waals surface area contributed by atoms with Crippen molar-refractivity contribution in [3.8, 4) is 6.07 Å². The zero-order valence-electron chi connectivity index (χ0n) is 11.7. The molecule has 0 fully saturated rings. The van der Waals surface area contributed by atoms with Crippen molar-refractivity contribution in [3.05, 3.63) is 0 Å². The first-order valence-corrected chi connectivity index (χ1v) is 6.22. The van der Waals surface area contributed by atoms with Gasteiger partial charge in [-0.2, -0.15) is 5.26 Å². The van der Waals surface area contributed by atoms with Gasteiger partial charge in [-0.3, -0.25) is 4.90 Å². The molecule has 0 saturated heterocycles. The molecule has 0 spiro atoms. The summed E-state index contributed by atoms with van der Waals surface area (Å²) in [5, 5.41) is 18.6. The van der Waals surface area contributed by atoms with Crippen LogP contribution in [0.15, 0.2) is 0 Å². The molecule has 0 saturated carbocycles. The predicted octanol–water partition coefficient (Wildman–Crippen LogP) is 1.64. The van der Waals surface area contributed by atoms with E-state index in [4.69, 9.17) is 10.00 Å². The fourth-order valence-electron chi connectivity index (χ4n) is 1.46. The van der Waals surface area contributed by atoms with E-state index in [1.54, 1.807) is 0 Å². The van der Waals surface area contributed by atoms with Gasteiger partial charge in [0.1, 0.15) is 0 Å². The summed E-state index contributed by atoms with van der Waals surface area (Å²) in [6.07, 6.45) is -0.500. The van der Waals surface area contributed by atoms with E-state index >= 15 is 0 Å². The maximum Gasteiger partial charge on any atom is 0.0900 e. The summed E-state index contributed by atoms with van der Waals surface area (Å²) in [6, 6.07) is 2.20. The lowest BCUT2D eigenvalue weighted by Crippen LogP contribution is -2.38. The van der Waals surface area contributed by atoms with Crippen LogP contribution in [0.25, 0.3) is 0 Å². The molecule has 0 rings (SSSR count). The number of rotatable bonds is 7. The third-order valence-corrected chi connectivity index (χ3v) is 2.38. The number of aliphatic hydroxyl groups excluding tert-OH is 1. The van der Waals surface area contributed by atoms with Crippen LogP contribution in [-0.2, 0) is 4.74 Å². The smallest absolute Gasteiger partial charge is 0.0900 e. The quantitative estimate of drug-likeness (QED) is 0.737. The largest absolute Gasteiger partial charge is 0.389 e. The number of hydrogen-bond acceptors (Lipinski definition) is 4. The minimum absolute atomic E-state index is 0.00863. The molecule has 0 aromatic heterocycles. The van der Waals surface area contributed by atoms with Crippen molar-refractivity contribution in [3.63, 3.8) is 0 Å². The van der Waals surface area contributed by atoms with Crippen molar-refractivity contribution in [2.75, 3.05) is 26.2 Å². The van der Waals surface area contributed by atoms with Crippen LogP contribution in [-0.4, -0.2) is 48.0 Å². The van der Waals surface area contributed by atoms with E-state index in [9.17, 15) is 5.11 Å². The first-order valence-electron chi connectivity index (χ1n) is 6.22. The van der Waals surface area contributed by atoms with Crippen molar-refractivity contribution in [2.45, 2.75) is 46.3 Å². The van der Waals surface area contributed by atoms with E-state index in [0.717, 1.165) is 6.54 Å². The van der Waals surface area contributed by atoms with Crippen molar-refractivity contribution >= 4 is 0 Å². The Balaban J connectivity index is 3.99. The molecule has 0 aromatic rings. The molecule has 4 nitrogen and oxygen atoms in total. The van der Waals surface area contributed by atoms with Crippen LogP contribution in [0.4, 0.5) is 0 Å². The lowest BCUT2D eigenvalue weighted by atomic mass is 10.2. The van der Waals surface area contributed by atoms with E-state index in [1.165, 1.54) is 0 Å². The van der Waals surface area contributed by atoms with Crippen LogP contribution in [0.2, 0.25) is 0 Å². The van der Waals surface area contributed by atoms with E-state index in [0.29, 0.717) is 19.7 Å². The Morgan fingerprint density at radius 1 is 1.35 bits per heavy atom. The van der Waals surface area contributed by atoms with Gasteiger partial charge in [0.2, 0.25) is 0 Å². The average Bonchev–Trinajstić information content (AvgIpc) is 2.24. The monoisotopic (exact) mass is 242 g/mol. The van der Waals surface area contributed by atoms with Gasteiger partial charge in [0, 0.05) is 13.1 Å². The number of nitriles is 1. The Morgan fingerprint density at radius 3 is 2.35 bits per heavy atom. The Labute approximate surface area is 105 Å². The molecule has 0 heterocycles. The summed E-state index contributed by atoms with van der Waals surface area (Å²) < 4.78 is 5.53. The zero-order valence-corrected chi connectivity index (χ0v) is 11.7. The van der Waals surface area contributed by atoms with Gasteiger partial charge >= 0.3 is 0 Å². The number of ether oxygens (including phenoxy) is 1. The van der Waals surface area contributed by atoms with Crippen LogP contribution < -0.4 is 0 Å². The first-order chi connectivity index (χ1) is 7.78.